The zero-order valence-electron chi connectivity index (χ0n) is 13.8. The fourth-order valence-corrected chi connectivity index (χ4v) is 3.27. The molecular weight excluding hydrogens is 378 g/mol. The number of anilines is 1. The van der Waals surface area contributed by atoms with E-state index in [1.54, 1.807) is 12.1 Å². The Balaban J connectivity index is 1.69. The van der Waals surface area contributed by atoms with Crippen LogP contribution in [0.3, 0.4) is 0 Å². The average Bonchev–Trinajstić information content (AvgIpc) is 3.13. The molecule has 2 aromatic carbocycles. The number of hydrogen-bond donors (Lipinski definition) is 2. The number of amides is 1. The molecule has 9 heteroatoms. The van der Waals surface area contributed by atoms with E-state index in [2.05, 4.69) is 10.0 Å². The standard InChI is InChI=1S/C18H14F2N2O4S/c19-13-8-14(20)10-15(9-13)22-18(23)12-3-5-17(6-4-12)27(24,25)21-11-16-2-1-7-26-16/h1-10,21H,11H2,(H,22,23). The summed E-state index contributed by atoms with van der Waals surface area (Å²) < 4.78 is 58.2. The zero-order valence-corrected chi connectivity index (χ0v) is 14.6. The molecule has 3 rings (SSSR count). The summed E-state index contributed by atoms with van der Waals surface area (Å²) in [6, 6.07) is 11.0. The molecule has 140 valence electrons. The van der Waals surface area contributed by atoms with Crippen molar-refractivity contribution in [2.45, 2.75) is 11.4 Å². The first kappa shape index (κ1) is 18.7. The first-order chi connectivity index (χ1) is 12.8. The third-order valence-electron chi connectivity index (χ3n) is 3.56. The van der Waals surface area contributed by atoms with Crippen LogP contribution in [-0.4, -0.2) is 14.3 Å². The van der Waals surface area contributed by atoms with Crippen molar-refractivity contribution >= 4 is 21.6 Å². The van der Waals surface area contributed by atoms with Crippen LogP contribution in [0.4, 0.5) is 14.5 Å². The van der Waals surface area contributed by atoms with E-state index in [1.807, 2.05) is 0 Å². The Morgan fingerprint density at radius 2 is 1.67 bits per heavy atom. The zero-order chi connectivity index (χ0) is 19.4. The predicted octanol–water partition coefficient (Wildman–Crippen LogP) is 3.29. The Morgan fingerprint density at radius 1 is 1.00 bits per heavy atom. The highest BCUT2D eigenvalue weighted by Gasteiger charge is 2.16. The minimum Gasteiger partial charge on any atom is -0.468 e. The lowest BCUT2D eigenvalue weighted by Gasteiger charge is -2.08. The number of nitrogens with one attached hydrogen (secondary N) is 2. The highest BCUT2D eigenvalue weighted by atomic mass is 32.2. The third-order valence-corrected chi connectivity index (χ3v) is 4.98. The quantitative estimate of drug-likeness (QED) is 0.674. The molecule has 6 nitrogen and oxygen atoms in total. The molecule has 27 heavy (non-hydrogen) atoms. The molecule has 1 heterocycles. The first-order valence-electron chi connectivity index (χ1n) is 7.73. The van der Waals surface area contributed by atoms with Gasteiger partial charge in [0.2, 0.25) is 10.0 Å². The van der Waals surface area contributed by atoms with Crippen molar-refractivity contribution in [3.8, 4) is 0 Å². The van der Waals surface area contributed by atoms with Crippen LogP contribution in [0.25, 0.3) is 0 Å². The lowest BCUT2D eigenvalue weighted by molar-refractivity contribution is 0.102. The Kier molecular flexibility index (Phi) is 5.33. The summed E-state index contributed by atoms with van der Waals surface area (Å²) in [7, 11) is -3.79. The molecule has 3 aromatic rings. The maximum Gasteiger partial charge on any atom is 0.255 e. The fourth-order valence-electron chi connectivity index (χ4n) is 2.28. The van der Waals surface area contributed by atoms with E-state index in [0.717, 1.165) is 12.1 Å². The monoisotopic (exact) mass is 392 g/mol. The van der Waals surface area contributed by atoms with Gasteiger partial charge in [0.05, 0.1) is 17.7 Å². The Labute approximate surface area is 153 Å². The highest BCUT2D eigenvalue weighted by molar-refractivity contribution is 7.89. The number of sulfonamides is 1. The van der Waals surface area contributed by atoms with Gasteiger partial charge in [-0.05, 0) is 48.5 Å². The normalized spacial score (nSPS) is 11.3. The van der Waals surface area contributed by atoms with E-state index in [4.69, 9.17) is 4.42 Å². The Bertz CT molecular complexity index is 1030. The highest BCUT2D eigenvalue weighted by Crippen LogP contribution is 2.16. The van der Waals surface area contributed by atoms with E-state index in [9.17, 15) is 22.0 Å². The average molecular weight is 392 g/mol. The van der Waals surface area contributed by atoms with Crippen LogP contribution < -0.4 is 10.0 Å². The van der Waals surface area contributed by atoms with Crippen LogP contribution in [0.2, 0.25) is 0 Å². The molecule has 0 aliphatic rings. The molecular formula is C18H14F2N2O4S. The molecule has 0 unspecified atom stereocenters. The summed E-state index contributed by atoms with van der Waals surface area (Å²) in [5, 5.41) is 2.35. The molecule has 0 spiro atoms. The van der Waals surface area contributed by atoms with Crippen molar-refractivity contribution in [1.82, 2.24) is 4.72 Å². The van der Waals surface area contributed by atoms with Crippen LogP contribution in [0.5, 0.6) is 0 Å². The topological polar surface area (TPSA) is 88.4 Å². The molecule has 0 atom stereocenters. The van der Waals surface area contributed by atoms with Crippen molar-refractivity contribution in [1.29, 1.82) is 0 Å². The van der Waals surface area contributed by atoms with Gasteiger partial charge >= 0.3 is 0 Å². The number of carbonyl (C=O) groups excluding carboxylic acids is 1. The molecule has 0 saturated carbocycles. The molecule has 2 N–H and O–H groups in total. The molecule has 0 fully saturated rings. The lowest BCUT2D eigenvalue weighted by atomic mass is 10.2. The smallest absolute Gasteiger partial charge is 0.255 e. The van der Waals surface area contributed by atoms with E-state index in [1.165, 1.54) is 30.5 Å². The van der Waals surface area contributed by atoms with Gasteiger partial charge in [0.1, 0.15) is 17.4 Å². The predicted molar refractivity (Wildman–Crippen MR) is 93.5 cm³/mol. The summed E-state index contributed by atoms with van der Waals surface area (Å²) in [5.41, 5.74) is 0.0824. The largest absolute Gasteiger partial charge is 0.468 e. The van der Waals surface area contributed by atoms with E-state index in [-0.39, 0.29) is 22.7 Å². The van der Waals surface area contributed by atoms with E-state index < -0.39 is 27.6 Å². The number of carbonyl (C=O) groups is 1. The summed E-state index contributed by atoms with van der Waals surface area (Å²) >= 11 is 0. The van der Waals surface area contributed by atoms with Gasteiger partial charge in [0, 0.05) is 17.3 Å². The SMILES string of the molecule is O=C(Nc1cc(F)cc(F)c1)c1ccc(S(=O)(=O)NCc2ccco2)cc1. The summed E-state index contributed by atoms with van der Waals surface area (Å²) in [4.78, 5) is 12.1. The fraction of sp³-hybridized carbons (Fsp3) is 0.0556. The summed E-state index contributed by atoms with van der Waals surface area (Å²) in [5.74, 6) is -1.83. The summed E-state index contributed by atoms with van der Waals surface area (Å²) in [6.07, 6.45) is 1.43. The van der Waals surface area contributed by atoms with Crippen molar-refractivity contribution in [3.63, 3.8) is 0 Å². The maximum atomic E-state index is 13.2. The van der Waals surface area contributed by atoms with Crippen molar-refractivity contribution in [2.24, 2.45) is 0 Å². The van der Waals surface area contributed by atoms with Crippen LogP contribution in [0.1, 0.15) is 16.1 Å². The van der Waals surface area contributed by atoms with Gasteiger partial charge in [0.25, 0.3) is 5.91 Å². The van der Waals surface area contributed by atoms with Crippen LogP contribution in [-0.2, 0) is 16.6 Å². The number of rotatable bonds is 6. The molecule has 1 aromatic heterocycles. The summed E-state index contributed by atoms with van der Waals surface area (Å²) in [6.45, 7) is -0.0112. The minimum atomic E-state index is -3.79. The molecule has 0 saturated heterocycles. The molecule has 0 aliphatic heterocycles. The van der Waals surface area contributed by atoms with E-state index >= 15 is 0 Å². The molecule has 1 amide bonds. The van der Waals surface area contributed by atoms with Crippen molar-refractivity contribution in [3.05, 3.63) is 83.8 Å². The van der Waals surface area contributed by atoms with Crippen LogP contribution in [0, 0.1) is 11.6 Å². The van der Waals surface area contributed by atoms with Gasteiger partial charge < -0.3 is 9.73 Å². The van der Waals surface area contributed by atoms with Crippen molar-refractivity contribution < 1.29 is 26.4 Å². The van der Waals surface area contributed by atoms with Gasteiger partial charge in [-0.1, -0.05) is 0 Å². The van der Waals surface area contributed by atoms with Gasteiger partial charge in [-0.2, -0.15) is 0 Å². The second-order valence-electron chi connectivity index (χ2n) is 5.54. The maximum absolute atomic E-state index is 13.2. The second-order valence-corrected chi connectivity index (χ2v) is 7.31. The van der Waals surface area contributed by atoms with Crippen LogP contribution in [0.15, 0.2) is 70.2 Å². The number of furan rings is 1. The van der Waals surface area contributed by atoms with Gasteiger partial charge in [-0.3, -0.25) is 4.79 Å². The minimum absolute atomic E-state index is 0.0112. The Morgan fingerprint density at radius 3 is 2.26 bits per heavy atom. The lowest BCUT2D eigenvalue weighted by Crippen LogP contribution is -2.23. The van der Waals surface area contributed by atoms with Gasteiger partial charge in [-0.15, -0.1) is 0 Å². The first-order valence-corrected chi connectivity index (χ1v) is 9.21. The van der Waals surface area contributed by atoms with Crippen LogP contribution >= 0.6 is 0 Å². The molecule has 0 radical (unpaired) electrons. The number of benzene rings is 2. The third kappa shape index (κ3) is 4.78. The molecule has 0 aliphatic carbocycles. The number of halogens is 2. The number of hydrogen-bond acceptors (Lipinski definition) is 4. The van der Waals surface area contributed by atoms with Gasteiger partial charge in [0.15, 0.2) is 0 Å². The van der Waals surface area contributed by atoms with Gasteiger partial charge in [-0.25, -0.2) is 21.9 Å². The molecule has 0 bridgehead atoms. The second kappa shape index (κ2) is 7.68. The Hall–Kier alpha value is -3.04. The van der Waals surface area contributed by atoms with E-state index in [0.29, 0.717) is 11.8 Å². The van der Waals surface area contributed by atoms with Crippen molar-refractivity contribution in [2.75, 3.05) is 5.32 Å².